The van der Waals surface area contributed by atoms with E-state index in [2.05, 4.69) is 26.1 Å². The van der Waals surface area contributed by atoms with Crippen LogP contribution in [-0.2, 0) is 10.0 Å². The Kier molecular flexibility index (Phi) is 4.22. The van der Waals surface area contributed by atoms with Crippen LogP contribution >= 0.6 is 15.9 Å². The third-order valence-electron chi connectivity index (χ3n) is 3.10. The highest BCUT2D eigenvalue weighted by Crippen LogP contribution is 2.27. The van der Waals surface area contributed by atoms with E-state index in [1.165, 1.54) is 12.3 Å². The molecule has 2 rings (SSSR count). The van der Waals surface area contributed by atoms with Crippen LogP contribution in [0.3, 0.4) is 0 Å². The van der Waals surface area contributed by atoms with E-state index >= 15 is 0 Å². The molecular weight excluding hydrogens is 306 g/mol. The van der Waals surface area contributed by atoms with Crippen molar-refractivity contribution < 1.29 is 8.42 Å². The number of aromatic nitrogens is 2. The Bertz CT molecular complexity index is 440. The lowest BCUT2D eigenvalue weighted by Gasteiger charge is -2.26. The number of hydrogen-bond donors (Lipinski definition) is 1. The molecule has 7 heteroatoms. The predicted molar refractivity (Wildman–Crippen MR) is 68.5 cm³/mol. The maximum atomic E-state index is 12.4. The van der Waals surface area contributed by atoms with E-state index in [1.54, 1.807) is 4.31 Å². The first-order valence-corrected chi connectivity index (χ1v) is 8.29. The number of nitrogens with zero attached hydrogens (tertiary/aromatic N) is 2. The minimum Gasteiger partial charge on any atom is -0.266 e. The zero-order valence-electron chi connectivity index (χ0n) is 9.47. The first-order chi connectivity index (χ1) is 8.16. The van der Waals surface area contributed by atoms with Gasteiger partial charge in [-0.15, -0.1) is 0 Å². The Hall–Kier alpha value is -0.400. The Morgan fingerprint density at radius 3 is 2.71 bits per heavy atom. The van der Waals surface area contributed by atoms with Gasteiger partial charge in [0.1, 0.15) is 0 Å². The first-order valence-electron chi connectivity index (χ1n) is 5.73. The Balaban J connectivity index is 2.26. The summed E-state index contributed by atoms with van der Waals surface area (Å²) < 4.78 is 26.4. The molecule has 1 aliphatic rings. The van der Waals surface area contributed by atoms with Gasteiger partial charge in [-0.25, -0.2) is 8.42 Å². The second-order valence-electron chi connectivity index (χ2n) is 4.16. The van der Waals surface area contributed by atoms with Gasteiger partial charge in [0.05, 0.1) is 6.20 Å². The second kappa shape index (κ2) is 5.49. The van der Waals surface area contributed by atoms with Crippen molar-refractivity contribution >= 4 is 26.0 Å². The van der Waals surface area contributed by atoms with Crippen molar-refractivity contribution in [3.05, 3.63) is 12.3 Å². The number of H-pyrrole nitrogens is 1. The van der Waals surface area contributed by atoms with Gasteiger partial charge in [0.15, 0.2) is 5.03 Å². The summed E-state index contributed by atoms with van der Waals surface area (Å²) in [5.74, 6) is 0. The van der Waals surface area contributed by atoms with Crippen LogP contribution in [0.25, 0.3) is 0 Å². The SMILES string of the molecule is O=S(=O)(c1ccn[nH]1)N(CCBr)C1CCCC1. The van der Waals surface area contributed by atoms with Crippen LogP contribution in [0.15, 0.2) is 17.3 Å². The number of rotatable bonds is 5. The van der Waals surface area contributed by atoms with Crippen LogP contribution in [0.1, 0.15) is 25.7 Å². The van der Waals surface area contributed by atoms with Gasteiger partial charge >= 0.3 is 0 Å². The van der Waals surface area contributed by atoms with E-state index in [-0.39, 0.29) is 11.1 Å². The quantitative estimate of drug-likeness (QED) is 0.840. The van der Waals surface area contributed by atoms with Crippen molar-refractivity contribution in [2.24, 2.45) is 0 Å². The molecule has 0 bridgehead atoms. The molecule has 1 heterocycles. The van der Waals surface area contributed by atoms with Crippen LogP contribution in [-0.4, -0.2) is 40.8 Å². The Labute approximate surface area is 110 Å². The van der Waals surface area contributed by atoms with Gasteiger partial charge in [-0.2, -0.15) is 9.40 Å². The van der Waals surface area contributed by atoms with Gasteiger partial charge in [-0.3, -0.25) is 5.10 Å². The number of aromatic amines is 1. The molecule has 0 saturated heterocycles. The molecule has 0 spiro atoms. The second-order valence-corrected chi connectivity index (χ2v) is 6.82. The predicted octanol–water partition coefficient (Wildman–Crippen LogP) is 1.74. The van der Waals surface area contributed by atoms with Crippen LogP contribution in [0.4, 0.5) is 0 Å². The normalized spacial score (nSPS) is 18.0. The zero-order chi connectivity index (χ0) is 12.3. The molecule has 5 nitrogen and oxygen atoms in total. The van der Waals surface area contributed by atoms with Gasteiger partial charge in [0.25, 0.3) is 10.0 Å². The largest absolute Gasteiger partial charge is 0.266 e. The minimum atomic E-state index is -3.42. The van der Waals surface area contributed by atoms with Crippen molar-refractivity contribution in [3.8, 4) is 0 Å². The highest BCUT2D eigenvalue weighted by Gasteiger charge is 2.33. The number of halogens is 1. The molecule has 17 heavy (non-hydrogen) atoms. The van der Waals surface area contributed by atoms with E-state index in [9.17, 15) is 8.42 Å². The molecule has 0 atom stereocenters. The summed E-state index contributed by atoms with van der Waals surface area (Å²) in [4.78, 5) is 0. The molecule has 0 radical (unpaired) electrons. The van der Waals surface area contributed by atoms with E-state index in [4.69, 9.17) is 0 Å². The van der Waals surface area contributed by atoms with Crippen LogP contribution < -0.4 is 0 Å². The number of hydrogen-bond acceptors (Lipinski definition) is 3. The molecule has 1 N–H and O–H groups in total. The molecule has 1 fully saturated rings. The molecule has 1 aromatic heterocycles. The van der Waals surface area contributed by atoms with Crippen LogP contribution in [0.2, 0.25) is 0 Å². The molecule has 0 aliphatic heterocycles. The van der Waals surface area contributed by atoms with E-state index in [0.29, 0.717) is 11.9 Å². The molecule has 0 unspecified atom stereocenters. The Morgan fingerprint density at radius 1 is 1.47 bits per heavy atom. The summed E-state index contributed by atoms with van der Waals surface area (Å²) in [6.07, 6.45) is 5.61. The van der Waals surface area contributed by atoms with E-state index in [0.717, 1.165) is 25.7 Å². The van der Waals surface area contributed by atoms with Gasteiger partial charge in [-0.1, -0.05) is 28.8 Å². The third-order valence-corrected chi connectivity index (χ3v) is 5.33. The van der Waals surface area contributed by atoms with Gasteiger partial charge in [-0.05, 0) is 18.9 Å². The van der Waals surface area contributed by atoms with Crippen molar-refractivity contribution in [1.29, 1.82) is 0 Å². The highest BCUT2D eigenvalue weighted by molar-refractivity contribution is 9.09. The standard InChI is InChI=1S/C10H16BrN3O2S/c11-6-8-14(9-3-1-2-4-9)17(15,16)10-5-7-12-13-10/h5,7,9H,1-4,6,8H2,(H,12,13). The minimum absolute atomic E-state index is 0.140. The monoisotopic (exact) mass is 321 g/mol. The fourth-order valence-corrected chi connectivity index (χ4v) is 4.49. The fraction of sp³-hybridized carbons (Fsp3) is 0.700. The fourth-order valence-electron chi connectivity index (χ4n) is 2.29. The molecule has 0 aromatic carbocycles. The maximum absolute atomic E-state index is 12.4. The summed E-state index contributed by atoms with van der Waals surface area (Å²) in [6.45, 7) is 0.506. The van der Waals surface area contributed by atoms with Gasteiger partial charge < -0.3 is 0 Å². The van der Waals surface area contributed by atoms with Crippen LogP contribution in [0.5, 0.6) is 0 Å². The maximum Gasteiger partial charge on any atom is 0.260 e. The molecule has 0 amide bonds. The molecule has 1 saturated carbocycles. The smallest absolute Gasteiger partial charge is 0.260 e. The Morgan fingerprint density at radius 2 is 2.18 bits per heavy atom. The molecular formula is C10H16BrN3O2S. The van der Waals surface area contributed by atoms with Gasteiger partial charge in [0.2, 0.25) is 0 Å². The lowest BCUT2D eigenvalue weighted by atomic mass is 10.2. The molecule has 1 aromatic rings. The number of nitrogens with one attached hydrogen (secondary N) is 1. The summed E-state index contributed by atoms with van der Waals surface area (Å²) in [7, 11) is -3.42. The summed E-state index contributed by atoms with van der Waals surface area (Å²) in [5, 5.41) is 7.10. The summed E-state index contributed by atoms with van der Waals surface area (Å²) in [6, 6.07) is 1.65. The van der Waals surface area contributed by atoms with Crippen molar-refractivity contribution in [3.63, 3.8) is 0 Å². The van der Waals surface area contributed by atoms with E-state index in [1.807, 2.05) is 0 Å². The third kappa shape index (κ3) is 2.71. The topological polar surface area (TPSA) is 66.1 Å². The molecule has 1 aliphatic carbocycles. The number of alkyl halides is 1. The van der Waals surface area contributed by atoms with Crippen molar-refractivity contribution in [2.75, 3.05) is 11.9 Å². The zero-order valence-corrected chi connectivity index (χ0v) is 11.9. The summed E-state index contributed by atoms with van der Waals surface area (Å²) in [5.41, 5.74) is 0. The van der Waals surface area contributed by atoms with Crippen molar-refractivity contribution in [2.45, 2.75) is 36.8 Å². The average molecular weight is 322 g/mol. The molecule has 96 valence electrons. The van der Waals surface area contributed by atoms with E-state index < -0.39 is 10.0 Å². The lowest BCUT2D eigenvalue weighted by molar-refractivity contribution is 0.337. The lowest BCUT2D eigenvalue weighted by Crippen LogP contribution is -2.40. The van der Waals surface area contributed by atoms with Crippen molar-refractivity contribution in [1.82, 2.24) is 14.5 Å². The van der Waals surface area contributed by atoms with Crippen LogP contribution in [0, 0.1) is 0 Å². The summed E-state index contributed by atoms with van der Waals surface area (Å²) >= 11 is 3.32. The first kappa shape index (κ1) is 13.0. The highest BCUT2D eigenvalue weighted by atomic mass is 79.9. The average Bonchev–Trinajstić information content (AvgIpc) is 2.97. The number of sulfonamides is 1. The van der Waals surface area contributed by atoms with Gasteiger partial charge in [0, 0.05) is 17.9 Å².